The maximum atomic E-state index is 9.70. The van der Waals surface area contributed by atoms with Crippen molar-refractivity contribution in [2.75, 3.05) is 20.3 Å². The molecule has 19 heavy (non-hydrogen) atoms. The van der Waals surface area contributed by atoms with Crippen molar-refractivity contribution in [1.82, 2.24) is 0 Å². The van der Waals surface area contributed by atoms with Crippen LogP contribution in [-0.2, 0) is 11.3 Å². The van der Waals surface area contributed by atoms with Crippen molar-refractivity contribution in [2.24, 2.45) is 0 Å². The van der Waals surface area contributed by atoms with Gasteiger partial charge in [-0.2, -0.15) is 0 Å². The van der Waals surface area contributed by atoms with Crippen LogP contribution in [0.15, 0.2) is 24.3 Å². The molecule has 0 spiro atoms. The molecule has 0 amide bonds. The second kappa shape index (κ2) is 8.53. The number of para-hydroxylation sites is 1. The summed E-state index contributed by atoms with van der Waals surface area (Å²) in [7, 11) is 1.58. The first-order valence-corrected chi connectivity index (χ1v) is 7.03. The third-order valence-electron chi connectivity index (χ3n) is 2.71. The summed E-state index contributed by atoms with van der Waals surface area (Å²) < 4.78 is 10.5. The molecule has 1 aromatic carbocycles. The summed E-state index contributed by atoms with van der Waals surface area (Å²) in [6.45, 7) is 0.0777. The molecule has 0 saturated carbocycles. The Balaban J connectivity index is 2.41. The Kier molecular flexibility index (Phi) is 7.38. The third kappa shape index (κ3) is 5.10. The summed E-state index contributed by atoms with van der Waals surface area (Å²) in [4.78, 5) is -0.447. The van der Waals surface area contributed by atoms with Crippen LogP contribution in [0.5, 0.6) is 5.75 Å². The van der Waals surface area contributed by atoms with Gasteiger partial charge in [-0.15, -0.1) is 0 Å². The van der Waals surface area contributed by atoms with E-state index in [9.17, 15) is 10.2 Å². The Hall–Kier alpha value is -0.621. The van der Waals surface area contributed by atoms with Crippen molar-refractivity contribution in [3.63, 3.8) is 0 Å². The Morgan fingerprint density at radius 1 is 1.26 bits per heavy atom. The number of aliphatic hydroxyl groups is 3. The molecule has 0 aliphatic carbocycles. The van der Waals surface area contributed by atoms with Gasteiger partial charge in [-0.3, -0.25) is 0 Å². The average Bonchev–Trinajstić information content (AvgIpc) is 2.45. The second-order valence-corrected chi connectivity index (χ2v) is 5.53. The van der Waals surface area contributed by atoms with Crippen LogP contribution in [0.25, 0.3) is 0 Å². The summed E-state index contributed by atoms with van der Waals surface area (Å²) in [6, 6.07) is 7.43. The van der Waals surface area contributed by atoms with Gasteiger partial charge in [-0.1, -0.05) is 0 Å². The SMILES string of the molecule is COc1ccccc1COC[C@@H](O)[C@H](O)[C@H]([SeH])CO. The molecule has 6 heteroatoms. The van der Waals surface area contributed by atoms with Crippen LogP contribution >= 0.6 is 0 Å². The first-order chi connectivity index (χ1) is 9.10. The Morgan fingerprint density at radius 3 is 2.58 bits per heavy atom. The van der Waals surface area contributed by atoms with Gasteiger partial charge < -0.3 is 0 Å². The summed E-state index contributed by atoms with van der Waals surface area (Å²) in [5.41, 5.74) is 0.873. The first kappa shape index (κ1) is 16.4. The van der Waals surface area contributed by atoms with E-state index in [4.69, 9.17) is 14.6 Å². The predicted octanol–water partition coefficient (Wildman–Crippen LogP) is -0.385. The number of hydrogen-bond donors (Lipinski definition) is 3. The molecule has 0 aromatic heterocycles. The molecule has 1 aromatic rings. The molecule has 5 nitrogen and oxygen atoms in total. The quantitative estimate of drug-likeness (QED) is 0.564. The number of rotatable bonds is 8. The zero-order valence-corrected chi connectivity index (χ0v) is 12.6. The summed E-state index contributed by atoms with van der Waals surface area (Å²) in [5.74, 6) is 0.720. The molecular formula is C13H20O5Se. The number of hydrogen-bond acceptors (Lipinski definition) is 5. The zero-order chi connectivity index (χ0) is 14.3. The van der Waals surface area contributed by atoms with Crippen LogP contribution in [0.3, 0.4) is 0 Å². The van der Waals surface area contributed by atoms with E-state index in [1.54, 1.807) is 7.11 Å². The monoisotopic (exact) mass is 336 g/mol. The fourth-order valence-electron chi connectivity index (χ4n) is 1.57. The zero-order valence-electron chi connectivity index (χ0n) is 10.8. The average molecular weight is 335 g/mol. The van der Waals surface area contributed by atoms with E-state index in [1.165, 1.54) is 0 Å². The van der Waals surface area contributed by atoms with Gasteiger partial charge >= 0.3 is 120 Å². The van der Waals surface area contributed by atoms with Crippen molar-refractivity contribution >= 4 is 16.0 Å². The summed E-state index contributed by atoms with van der Waals surface area (Å²) in [5, 5.41) is 28.2. The van der Waals surface area contributed by atoms with Gasteiger partial charge in [0.2, 0.25) is 0 Å². The molecule has 3 N–H and O–H groups in total. The molecule has 0 saturated heterocycles. The summed E-state index contributed by atoms with van der Waals surface area (Å²) >= 11 is 2.13. The molecule has 108 valence electrons. The van der Waals surface area contributed by atoms with Crippen molar-refractivity contribution in [3.05, 3.63) is 29.8 Å². The van der Waals surface area contributed by atoms with E-state index in [0.717, 1.165) is 11.3 Å². The van der Waals surface area contributed by atoms with Crippen molar-refractivity contribution in [2.45, 2.75) is 23.6 Å². The molecule has 0 fully saturated rings. The predicted molar refractivity (Wildman–Crippen MR) is 72.6 cm³/mol. The van der Waals surface area contributed by atoms with Gasteiger partial charge in [0, 0.05) is 0 Å². The fourth-order valence-corrected chi connectivity index (χ4v) is 1.99. The molecule has 0 aliphatic heterocycles. The van der Waals surface area contributed by atoms with Crippen LogP contribution < -0.4 is 4.74 Å². The number of aliphatic hydroxyl groups excluding tert-OH is 3. The van der Waals surface area contributed by atoms with E-state index >= 15 is 0 Å². The number of benzene rings is 1. The first-order valence-electron chi connectivity index (χ1n) is 5.94. The van der Waals surface area contributed by atoms with Crippen molar-refractivity contribution in [1.29, 1.82) is 0 Å². The minimum atomic E-state index is -1.03. The molecule has 0 bridgehead atoms. The van der Waals surface area contributed by atoms with Crippen LogP contribution in [0.4, 0.5) is 0 Å². The van der Waals surface area contributed by atoms with Crippen molar-refractivity contribution in [3.8, 4) is 5.75 Å². The van der Waals surface area contributed by atoms with Gasteiger partial charge in [0.1, 0.15) is 0 Å². The second-order valence-electron chi connectivity index (χ2n) is 4.13. The van der Waals surface area contributed by atoms with Gasteiger partial charge in [-0.25, -0.2) is 0 Å². The molecule has 0 aliphatic rings. The molecule has 3 atom stereocenters. The number of ether oxygens (including phenoxy) is 2. The van der Waals surface area contributed by atoms with Crippen LogP contribution in [0.2, 0.25) is 4.82 Å². The molecule has 0 unspecified atom stereocenters. The minimum absolute atomic E-state index is 0.00647. The standard InChI is InChI=1S/C13H20O5Se/c1-17-11-5-3-2-4-9(11)7-18-8-10(15)13(16)12(19)6-14/h2-5,10,12-16,19H,6-8H2,1H3/t10-,12-,13+/m1/s1. The van der Waals surface area contributed by atoms with E-state index < -0.39 is 17.0 Å². The molecule has 0 heterocycles. The van der Waals surface area contributed by atoms with E-state index in [-0.39, 0.29) is 19.8 Å². The topological polar surface area (TPSA) is 79.2 Å². The van der Waals surface area contributed by atoms with Crippen LogP contribution in [0, 0.1) is 0 Å². The van der Waals surface area contributed by atoms with Crippen LogP contribution in [-0.4, -0.2) is 63.9 Å². The molecular weight excluding hydrogens is 315 g/mol. The molecule has 0 radical (unpaired) electrons. The van der Waals surface area contributed by atoms with E-state index in [2.05, 4.69) is 16.0 Å². The maximum absolute atomic E-state index is 9.70. The van der Waals surface area contributed by atoms with Gasteiger partial charge in [0.15, 0.2) is 0 Å². The van der Waals surface area contributed by atoms with Crippen molar-refractivity contribution < 1.29 is 24.8 Å². The van der Waals surface area contributed by atoms with E-state index in [1.807, 2.05) is 24.3 Å². The Bertz CT molecular complexity index is 374. The van der Waals surface area contributed by atoms with Gasteiger partial charge in [0.05, 0.1) is 0 Å². The molecule has 1 rings (SSSR count). The number of methoxy groups -OCH3 is 1. The fraction of sp³-hybridized carbons (Fsp3) is 0.538. The van der Waals surface area contributed by atoms with Gasteiger partial charge in [-0.05, 0) is 0 Å². The van der Waals surface area contributed by atoms with E-state index in [0.29, 0.717) is 0 Å². The summed E-state index contributed by atoms with van der Waals surface area (Å²) in [6.07, 6.45) is -2.06. The normalized spacial score (nSPS) is 15.8. The van der Waals surface area contributed by atoms with Gasteiger partial charge in [0.25, 0.3) is 0 Å². The Labute approximate surface area is 121 Å². The Morgan fingerprint density at radius 2 is 1.95 bits per heavy atom. The van der Waals surface area contributed by atoms with Crippen LogP contribution in [0.1, 0.15) is 5.56 Å². The third-order valence-corrected chi connectivity index (χ3v) is 3.70.